The molecule has 0 radical (unpaired) electrons. The van der Waals surface area contributed by atoms with Crippen LogP contribution in [0.1, 0.15) is 5.56 Å². The molecular weight excluding hydrogens is 232 g/mol. The lowest BCUT2D eigenvalue weighted by atomic mass is 10.2. The maximum absolute atomic E-state index is 3.79. The Bertz CT molecular complexity index is 281. The first-order valence-electron chi connectivity index (χ1n) is 3.71. The molecule has 64 valence electrons. The van der Waals surface area contributed by atoms with Gasteiger partial charge in [0.05, 0.1) is 0 Å². The molecule has 0 unspecified atom stereocenters. The zero-order chi connectivity index (χ0) is 8.97. The van der Waals surface area contributed by atoms with E-state index >= 15 is 0 Å². The molecule has 0 saturated heterocycles. The molecule has 0 saturated carbocycles. The van der Waals surface area contributed by atoms with E-state index in [4.69, 9.17) is 0 Å². The van der Waals surface area contributed by atoms with Crippen LogP contribution in [0.4, 0.5) is 0 Å². The van der Waals surface area contributed by atoms with E-state index in [2.05, 4.69) is 53.7 Å². The fourth-order valence-electron chi connectivity index (χ4n) is 0.867. The summed E-state index contributed by atoms with van der Waals surface area (Å²) in [5.41, 5.74) is 1.31. The second kappa shape index (κ2) is 4.73. The third-order valence-corrected chi connectivity index (χ3v) is 3.12. The SMILES string of the molecule is C=C(Br)CSc1cccc(C)c1. The lowest BCUT2D eigenvalue weighted by Crippen LogP contribution is -1.78. The number of thioether (sulfide) groups is 1. The Balaban J connectivity index is 2.57. The van der Waals surface area contributed by atoms with Crippen LogP contribution in [0.25, 0.3) is 0 Å². The summed E-state index contributed by atoms with van der Waals surface area (Å²) < 4.78 is 1.04. The van der Waals surface area contributed by atoms with Crippen LogP contribution in [0, 0.1) is 6.92 Å². The number of aryl methyl sites for hydroxylation is 1. The molecule has 0 aliphatic carbocycles. The van der Waals surface area contributed by atoms with Crippen molar-refractivity contribution in [2.75, 3.05) is 5.75 Å². The van der Waals surface area contributed by atoms with Gasteiger partial charge >= 0.3 is 0 Å². The maximum atomic E-state index is 3.79. The molecule has 0 amide bonds. The summed E-state index contributed by atoms with van der Waals surface area (Å²) in [6.07, 6.45) is 0. The standard InChI is InChI=1S/C10H11BrS/c1-8-4-3-5-10(6-8)12-7-9(2)11/h3-6H,2,7H2,1H3. The zero-order valence-corrected chi connectivity index (χ0v) is 9.41. The van der Waals surface area contributed by atoms with Crippen LogP contribution >= 0.6 is 27.7 Å². The van der Waals surface area contributed by atoms with Gasteiger partial charge in [-0.05, 0) is 23.5 Å². The van der Waals surface area contributed by atoms with Gasteiger partial charge in [-0.3, -0.25) is 0 Å². The Hall–Kier alpha value is -0.210. The van der Waals surface area contributed by atoms with Crippen LogP contribution in [-0.4, -0.2) is 5.75 Å². The summed E-state index contributed by atoms with van der Waals surface area (Å²) >= 11 is 5.13. The summed E-state index contributed by atoms with van der Waals surface area (Å²) in [6.45, 7) is 5.89. The lowest BCUT2D eigenvalue weighted by molar-refractivity contribution is 1.36. The molecule has 0 fully saturated rings. The summed E-state index contributed by atoms with van der Waals surface area (Å²) in [4.78, 5) is 1.30. The van der Waals surface area contributed by atoms with Crippen LogP contribution < -0.4 is 0 Å². The van der Waals surface area contributed by atoms with Gasteiger partial charge in [-0.1, -0.05) is 40.2 Å². The van der Waals surface area contributed by atoms with Crippen molar-refractivity contribution in [1.82, 2.24) is 0 Å². The van der Waals surface area contributed by atoms with Crippen molar-refractivity contribution in [2.45, 2.75) is 11.8 Å². The summed E-state index contributed by atoms with van der Waals surface area (Å²) in [5.74, 6) is 0.934. The number of halogens is 1. The van der Waals surface area contributed by atoms with E-state index in [1.807, 2.05) is 0 Å². The van der Waals surface area contributed by atoms with E-state index in [0.29, 0.717) is 0 Å². The molecular formula is C10H11BrS. The second-order valence-corrected chi connectivity index (χ2v) is 4.79. The first kappa shape index (κ1) is 9.87. The quantitative estimate of drug-likeness (QED) is 0.723. The normalized spacial score (nSPS) is 9.83. The summed E-state index contributed by atoms with van der Waals surface area (Å²) in [6, 6.07) is 8.48. The minimum Gasteiger partial charge on any atom is -0.121 e. The van der Waals surface area contributed by atoms with Gasteiger partial charge in [0.1, 0.15) is 0 Å². The Morgan fingerprint density at radius 2 is 2.33 bits per heavy atom. The molecule has 0 N–H and O–H groups in total. The highest BCUT2D eigenvalue weighted by atomic mass is 79.9. The van der Waals surface area contributed by atoms with E-state index in [1.54, 1.807) is 11.8 Å². The molecule has 0 aliphatic heterocycles. The van der Waals surface area contributed by atoms with Crippen LogP contribution in [0.2, 0.25) is 0 Å². The molecule has 0 aromatic heterocycles. The van der Waals surface area contributed by atoms with Crippen LogP contribution in [0.15, 0.2) is 40.2 Å². The van der Waals surface area contributed by atoms with Crippen LogP contribution in [-0.2, 0) is 0 Å². The maximum Gasteiger partial charge on any atom is 0.0292 e. The van der Waals surface area contributed by atoms with Crippen LogP contribution in [0.3, 0.4) is 0 Å². The fraction of sp³-hybridized carbons (Fsp3) is 0.200. The van der Waals surface area contributed by atoms with Gasteiger partial charge in [0.2, 0.25) is 0 Å². The topological polar surface area (TPSA) is 0 Å². The third kappa shape index (κ3) is 3.46. The minimum atomic E-state index is 0.934. The molecule has 2 heteroatoms. The number of hydrogen-bond donors (Lipinski definition) is 0. The Labute approximate surface area is 86.2 Å². The van der Waals surface area contributed by atoms with Gasteiger partial charge in [0.25, 0.3) is 0 Å². The predicted octanol–water partition coefficient (Wildman–Crippen LogP) is 4.00. The van der Waals surface area contributed by atoms with Crippen molar-refractivity contribution in [2.24, 2.45) is 0 Å². The molecule has 0 bridgehead atoms. The molecule has 12 heavy (non-hydrogen) atoms. The first-order valence-corrected chi connectivity index (χ1v) is 5.49. The average molecular weight is 243 g/mol. The zero-order valence-electron chi connectivity index (χ0n) is 7.01. The lowest BCUT2D eigenvalue weighted by Gasteiger charge is -2.00. The van der Waals surface area contributed by atoms with Crippen molar-refractivity contribution >= 4 is 27.7 Å². The summed E-state index contributed by atoms with van der Waals surface area (Å²) in [7, 11) is 0. The van der Waals surface area contributed by atoms with Crippen molar-refractivity contribution in [1.29, 1.82) is 0 Å². The molecule has 0 spiro atoms. The number of rotatable bonds is 3. The molecule has 0 atom stereocenters. The van der Waals surface area contributed by atoms with Crippen molar-refractivity contribution in [3.63, 3.8) is 0 Å². The molecule has 0 aliphatic rings. The van der Waals surface area contributed by atoms with E-state index < -0.39 is 0 Å². The third-order valence-electron chi connectivity index (χ3n) is 1.38. The van der Waals surface area contributed by atoms with Crippen molar-refractivity contribution < 1.29 is 0 Å². The monoisotopic (exact) mass is 242 g/mol. The molecule has 1 aromatic rings. The highest BCUT2D eigenvalue weighted by Crippen LogP contribution is 2.22. The van der Waals surface area contributed by atoms with Crippen molar-refractivity contribution in [3.8, 4) is 0 Å². The first-order chi connectivity index (χ1) is 5.68. The van der Waals surface area contributed by atoms with Gasteiger partial charge in [0.15, 0.2) is 0 Å². The molecule has 0 nitrogen and oxygen atoms in total. The van der Waals surface area contributed by atoms with Gasteiger partial charge in [-0.15, -0.1) is 11.8 Å². The Morgan fingerprint density at radius 1 is 1.58 bits per heavy atom. The van der Waals surface area contributed by atoms with Crippen LogP contribution in [0.5, 0.6) is 0 Å². The Kier molecular flexibility index (Phi) is 3.89. The molecule has 1 rings (SSSR count). The predicted molar refractivity (Wildman–Crippen MR) is 60.0 cm³/mol. The Morgan fingerprint density at radius 3 is 2.92 bits per heavy atom. The largest absolute Gasteiger partial charge is 0.121 e. The average Bonchev–Trinajstić information content (AvgIpc) is 2.01. The van der Waals surface area contributed by atoms with Crippen molar-refractivity contribution in [3.05, 3.63) is 40.9 Å². The van der Waals surface area contributed by atoms with Gasteiger partial charge in [-0.2, -0.15) is 0 Å². The van der Waals surface area contributed by atoms with Gasteiger partial charge in [-0.25, -0.2) is 0 Å². The molecule has 0 heterocycles. The van der Waals surface area contributed by atoms with E-state index in [-0.39, 0.29) is 0 Å². The van der Waals surface area contributed by atoms with E-state index in [1.165, 1.54) is 10.5 Å². The second-order valence-electron chi connectivity index (χ2n) is 2.62. The highest BCUT2D eigenvalue weighted by molar-refractivity contribution is 9.11. The minimum absolute atomic E-state index is 0.934. The number of hydrogen-bond acceptors (Lipinski definition) is 1. The highest BCUT2D eigenvalue weighted by Gasteiger charge is 1.94. The van der Waals surface area contributed by atoms with Gasteiger partial charge in [0, 0.05) is 10.6 Å². The van der Waals surface area contributed by atoms with E-state index in [0.717, 1.165) is 10.2 Å². The number of benzene rings is 1. The van der Waals surface area contributed by atoms with E-state index in [9.17, 15) is 0 Å². The summed E-state index contributed by atoms with van der Waals surface area (Å²) in [5, 5.41) is 0. The fourth-order valence-corrected chi connectivity index (χ4v) is 1.98. The van der Waals surface area contributed by atoms with Gasteiger partial charge < -0.3 is 0 Å². The molecule has 1 aromatic carbocycles. The smallest absolute Gasteiger partial charge is 0.0292 e.